The molecular formula is C20H22N2O3. The van der Waals surface area contributed by atoms with Gasteiger partial charge in [0.05, 0.1) is 5.69 Å². The zero-order valence-electron chi connectivity index (χ0n) is 14.5. The lowest BCUT2D eigenvalue weighted by molar-refractivity contribution is -0.121. The highest BCUT2D eigenvalue weighted by atomic mass is 16.5. The van der Waals surface area contributed by atoms with Gasteiger partial charge in [-0.3, -0.25) is 9.59 Å². The molecule has 0 unspecified atom stereocenters. The molecule has 0 bridgehead atoms. The van der Waals surface area contributed by atoms with Crippen LogP contribution in [0.1, 0.15) is 24.5 Å². The number of rotatable bonds is 5. The molecule has 1 aliphatic rings. The monoisotopic (exact) mass is 338 g/mol. The van der Waals surface area contributed by atoms with E-state index in [4.69, 9.17) is 4.74 Å². The molecule has 0 aliphatic carbocycles. The molecular weight excluding hydrogens is 316 g/mol. The summed E-state index contributed by atoms with van der Waals surface area (Å²) >= 11 is 0. The Balaban J connectivity index is 1.60. The second kappa shape index (κ2) is 7.38. The Bertz CT molecular complexity index is 784. The first-order valence-corrected chi connectivity index (χ1v) is 8.48. The number of nitrogens with zero attached hydrogens (tertiary/aromatic N) is 1. The van der Waals surface area contributed by atoms with Crippen LogP contribution in [-0.4, -0.2) is 25.5 Å². The van der Waals surface area contributed by atoms with Crippen LogP contribution in [-0.2, 0) is 22.4 Å². The van der Waals surface area contributed by atoms with Gasteiger partial charge in [-0.05, 0) is 42.2 Å². The van der Waals surface area contributed by atoms with E-state index in [0.717, 1.165) is 12.0 Å². The summed E-state index contributed by atoms with van der Waals surface area (Å²) in [6.45, 7) is 2.17. The predicted octanol–water partition coefficient (Wildman–Crippen LogP) is 3.18. The summed E-state index contributed by atoms with van der Waals surface area (Å²) in [7, 11) is 1.70. The maximum Gasteiger partial charge on any atom is 0.264 e. The van der Waals surface area contributed by atoms with Crippen LogP contribution in [0.4, 0.5) is 11.4 Å². The van der Waals surface area contributed by atoms with E-state index in [1.165, 1.54) is 5.56 Å². The molecule has 5 heteroatoms. The van der Waals surface area contributed by atoms with E-state index in [2.05, 4.69) is 36.5 Å². The average Bonchev–Trinajstić information content (AvgIpc) is 2.64. The summed E-state index contributed by atoms with van der Waals surface area (Å²) in [5.41, 5.74) is 3.78. The first-order chi connectivity index (χ1) is 12.1. The Morgan fingerprint density at radius 3 is 2.60 bits per heavy atom. The van der Waals surface area contributed by atoms with Gasteiger partial charge >= 0.3 is 0 Å². The highest BCUT2D eigenvalue weighted by Crippen LogP contribution is 2.33. The number of aryl methyl sites for hydroxylation is 2. The number of carbonyl (C=O) groups is 2. The average molecular weight is 338 g/mol. The summed E-state index contributed by atoms with van der Waals surface area (Å²) in [6, 6.07) is 13.7. The first kappa shape index (κ1) is 17.0. The third kappa shape index (κ3) is 3.99. The van der Waals surface area contributed by atoms with E-state index in [1.807, 2.05) is 0 Å². The third-order valence-corrected chi connectivity index (χ3v) is 4.40. The van der Waals surface area contributed by atoms with E-state index in [9.17, 15) is 9.59 Å². The van der Waals surface area contributed by atoms with Crippen LogP contribution < -0.4 is 15.0 Å². The van der Waals surface area contributed by atoms with Crippen LogP contribution in [0.25, 0.3) is 0 Å². The molecule has 1 aliphatic heterocycles. The molecule has 0 radical (unpaired) electrons. The number of hydrogen-bond acceptors (Lipinski definition) is 3. The van der Waals surface area contributed by atoms with E-state index in [0.29, 0.717) is 30.0 Å². The predicted molar refractivity (Wildman–Crippen MR) is 98.1 cm³/mol. The van der Waals surface area contributed by atoms with Crippen molar-refractivity contribution in [1.82, 2.24) is 0 Å². The second-order valence-corrected chi connectivity index (χ2v) is 6.14. The number of ether oxygens (including phenoxy) is 1. The lowest BCUT2D eigenvalue weighted by atomic mass is 10.1. The zero-order valence-corrected chi connectivity index (χ0v) is 14.5. The van der Waals surface area contributed by atoms with Crippen LogP contribution in [0.3, 0.4) is 0 Å². The molecule has 0 saturated carbocycles. The fourth-order valence-corrected chi connectivity index (χ4v) is 2.77. The van der Waals surface area contributed by atoms with Crippen molar-refractivity contribution < 1.29 is 14.3 Å². The summed E-state index contributed by atoms with van der Waals surface area (Å²) in [5, 5.41) is 2.89. The molecule has 2 aromatic carbocycles. The SMILES string of the molecule is CCc1ccc(CCC(=O)Nc2ccc3c(c2)N(C)C(=O)CO3)cc1. The van der Waals surface area contributed by atoms with Crippen molar-refractivity contribution in [3.8, 4) is 5.75 Å². The largest absolute Gasteiger partial charge is 0.482 e. The lowest BCUT2D eigenvalue weighted by Crippen LogP contribution is -2.35. The van der Waals surface area contributed by atoms with Gasteiger partial charge in [-0.15, -0.1) is 0 Å². The van der Waals surface area contributed by atoms with E-state index in [-0.39, 0.29) is 18.4 Å². The highest BCUT2D eigenvalue weighted by molar-refractivity contribution is 5.99. The number of amides is 2. The van der Waals surface area contributed by atoms with Crippen LogP contribution in [0, 0.1) is 0 Å². The fourth-order valence-electron chi connectivity index (χ4n) is 2.77. The molecule has 0 atom stereocenters. The molecule has 1 N–H and O–H groups in total. The summed E-state index contributed by atoms with van der Waals surface area (Å²) < 4.78 is 5.39. The third-order valence-electron chi connectivity index (χ3n) is 4.40. The summed E-state index contributed by atoms with van der Waals surface area (Å²) in [4.78, 5) is 25.5. The van der Waals surface area contributed by atoms with Crippen molar-refractivity contribution in [3.05, 3.63) is 53.6 Å². The molecule has 1 heterocycles. The maximum absolute atomic E-state index is 12.2. The minimum absolute atomic E-state index is 0.0476. The molecule has 25 heavy (non-hydrogen) atoms. The number of fused-ring (bicyclic) bond motifs is 1. The maximum atomic E-state index is 12.2. The fraction of sp³-hybridized carbons (Fsp3) is 0.300. The van der Waals surface area contributed by atoms with Gasteiger partial charge in [0.25, 0.3) is 5.91 Å². The number of hydrogen-bond donors (Lipinski definition) is 1. The Hall–Kier alpha value is -2.82. The van der Waals surface area contributed by atoms with Gasteiger partial charge in [-0.2, -0.15) is 0 Å². The van der Waals surface area contributed by atoms with Crippen molar-refractivity contribution in [2.45, 2.75) is 26.2 Å². The Labute approximate surface area is 147 Å². The molecule has 2 aromatic rings. The van der Waals surface area contributed by atoms with Crippen molar-refractivity contribution in [1.29, 1.82) is 0 Å². The minimum Gasteiger partial charge on any atom is -0.482 e. The first-order valence-electron chi connectivity index (χ1n) is 8.48. The topological polar surface area (TPSA) is 58.6 Å². The van der Waals surface area contributed by atoms with Gasteiger partial charge in [-0.1, -0.05) is 31.2 Å². The minimum atomic E-state index is -0.105. The van der Waals surface area contributed by atoms with Crippen LogP contribution in [0.15, 0.2) is 42.5 Å². The van der Waals surface area contributed by atoms with Gasteiger partial charge in [0.15, 0.2) is 6.61 Å². The summed E-state index contributed by atoms with van der Waals surface area (Å²) in [6.07, 6.45) is 2.12. The number of anilines is 2. The molecule has 0 fully saturated rings. The normalized spacial score (nSPS) is 13.2. The quantitative estimate of drug-likeness (QED) is 0.911. The number of nitrogens with one attached hydrogen (secondary N) is 1. The molecule has 5 nitrogen and oxygen atoms in total. The Kier molecular flexibility index (Phi) is 5.03. The highest BCUT2D eigenvalue weighted by Gasteiger charge is 2.22. The van der Waals surface area contributed by atoms with Crippen molar-refractivity contribution >= 4 is 23.2 Å². The smallest absolute Gasteiger partial charge is 0.264 e. The van der Waals surface area contributed by atoms with Crippen molar-refractivity contribution in [2.75, 3.05) is 23.9 Å². The van der Waals surface area contributed by atoms with Crippen molar-refractivity contribution in [3.63, 3.8) is 0 Å². The molecule has 0 aromatic heterocycles. The molecule has 130 valence electrons. The number of carbonyl (C=O) groups excluding carboxylic acids is 2. The zero-order chi connectivity index (χ0) is 17.8. The molecule has 2 amide bonds. The van der Waals surface area contributed by atoms with Crippen molar-refractivity contribution in [2.24, 2.45) is 0 Å². The van der Waals surface area contributed by atoms with E-state index >= 15 is 0 Å². The number of likely N-dealkylation sites (N-methyl/N-ethyl adjacent to an activating group) is 1. The molecule has 0 saturated heterocycles. The van der Waals surface area contributed by atoms with Crippen LogP contribution in [0.2, 0.25) is 0 Å². The van der Waals surface area contributed by atoms with Gasteiger partial charge in [0, 0.05) is 19.2 Å². The summed E-state index contributed by atoms with van der Waals surface area (Å²) in [5.74, 6) is 0.493. The van der Waals surface area contributed by atoms with Gasteiger partial charge in [0.2, 0.25) is 5.91 Å². The number of benzene rings is 2. The van der Waals surface area contributed by atoms with Gasteiger partial charge in [-0.25, -0.2) is 0 Å². The lowest BCUT2D eigenvalue weighted by Gasteiger charge is -2.26. The van der Waals surface area contributed by atoms with E-state index in [1.54, 1.807) is 30.1 Å². The second-order valence-electron chi connectivity index (χ2n) is 6.14. The van der Waals surface area contributed by atoms with Crippen LogP contribution >= 0.6 is 0 Å². The molecule has 0 spiro atoms. The van der Waals surface area contributed by atoms with Crippen LogP contribution in [0.5, 0.6) is 5.75 Å². The molecule has 3 rings (SSSR count). The van der Waals surface area contributed by atoms with E-state index < -0.39 is 0 Å². The van der Waals surface area contributed by atoms with Gasteiger partial charge in [0.1, 0.15) is 5.75 Å². The Morgan fingerprint density at radius 1 is 1.16 bits per heavy atom. The van der Waals surface area contributed by atoms with Gasteiger partial charge < -0.3 is 15.0 Å². The standard InChI is InChI=1S/C20H22N2O3/c1-3-14-4-6-15(7-5-14)8-11-19(23)21-16-9-10-18-17(12-16)22(2)20(24)13-25-18/h4-7,9-10,12H,3,8,11,13H2,1-2H3,(H,21,23). The Morgan fingerprint density at radius 2 is 1.88 bits per heavy atom.